The van der Waals surface area contributed by atoms with Gasteiger partial charge in [-0.1, -0.05) is 83.1 Å². The van der Waals surface area contributed by atoms with E-state index < -0.39 is 0 Å². The molecular weight excluding hydrogens is 584 g/mol. The summed E-state index contributed by atoms with van der Waals surface area (Å²) in [6.07, 6.45) is 7.51. The van der Waals surface area contributed by atoms with Crippen LogP contribution in [0.5, 0.6) is 0 Å². The first-order valence-corrected chi connectivity index (χ1v) is 18.3. The van der Waals surface area contributed by atoms with Gasteiger partial charge in [0.05, 0.1) is 79.3 Å². The molecule has 0 aromatic carbocycles. The van der Waals surface area contributed by atoms with Crippen molar-refractivity contribution in [3.05, 3.63) is 0 Å². The molecule has 0 amide bonds. The zero-order chi connectivity index (χ0) is 36.0. The normalized spacial score (nSPS) is 13.6. The van der Waals surface area contributed by atoms with Crippen LogP contribution >= 0.6 is 0 Å². The molecule has 0 saturated heterocycles. The van der Waals surface area contributed by atoms with Crippen LogP contribution in [-0.2, 0) is 18.9 Å². The van der Waals surface area contributed by atoms with Crippen LogP contribution in [0.4, 0.5) is 0 Å². The minimum absolute atomic E-state index is 0.00815. The summed E-state index contributed by atoms with van der Waals surface area (Å²) in [5.41, 5.74) is -0.627. The number of ether oxygens (including phenoxy) is 4. The lowest BCUT2D eigenvalue weighted by atomic mass is 9.82. The maximum Gasteiger partial charge on any atom is 0.0544 e. The van der Waals surface area contributed by atoms with Crippen LogP contribution in [-0.4, -0.2) is 99.7 Å². The van der Waals surface area contributed by atoms with Crippen LogP contribution in [0.3, 0.4) is 0 Å². The van der Waals surface area contributed by atoms with Crippen molar-refractivity contribution in [1.29, 1.82) is 0 Å². The van der Waals surface area contributed by atoms with E-state index in [1.807, 2.05) is 13.8 Å². The molecule has 0 bridgehead atoms. The van der Waals surface area contributed by atoms with E-state index in [4.69, 9.17) is 18.9 Å². The third kappa shape index (κ3) is 17.4. The van der Waals surface area contributed by atoms with Gasteiger partial charge >= 0.3 is 0 Å². The van der Waals surface area contributed by atoms with Gasteiger partial charge in [-0.3, -0.25) is 0 Å². The highest BCUT2D eigenvalue weighted by Gasteiger charge is 2.32. The van der Waals surface area contributed by atoms with Gasteiger partial charge < -0.3 is 39.4 Å². The molecule has 0 aromatic rings. The number of hydrogen-bond donors (Lipinski definition) is 4. The van der Waals surface area contributed by atoms with Crippen LogP contribution < -0.4 is 0 Å². The Hall–Kier alpha value is -0.320. The van der Waals surface area contributed by atoms with Gasteiger partial charge in [-0.2, -0.15) is 0 Å². The molecular formula is C38H80O8. The molecule has 0 aliphatic carbocycles. The number of aliphatic hydroxyl groups is 4. The van der Waals surface area contributed by atoms with Crippen molar-refractivity contribution in [2.75, 3.05) is 79.3 Å². The van der Waals surface area contributed by atoms with Crippen molar-refractivity contribution < 1.29 is 39.4 Å². The van der Waals surface area contributed by atoms with Gasteiger partial charge in [0.1, 0.15) is 0 Å². The fraction of sp³-hybridized carbons (Fsp3) is 1.00. The number of aliphatic hydroxyl groups excluding tert-OH is 4. The molecule has 280 valence electrons. The van der Waals surface area contributed by atoms with Gasteiger partial charge in [0.25, 0.3) is 0 Å². The lowest BCUT2D eigenvalue weighted by Gasteiger charge is -2.35. The van der Waals surface area contributed by atoms with Gasteiger partial charge in [0.15, 0.2) is 0 Å². The minimum Gasteiger partial charge on any atom is -0.396 e. The summed E-state index contributed by atoms with van der Waals surface area (Å²) < 4.78 is 23.8. The summed E-state index contributed by atoms with van der Waals surface area (Å²) in [5, 5.41) is 38.2. The van der Waals surface area contributed by atoms with Gasteiger partial charge in [-0.05, 0) is 51.4 Å². The Labute approximate surface area is 285 Å². The molecule has 0 aromatic heterocycles. The summed E-state index contributed by atoms with van der Waals surface area (Å²) in [6.45, 7) is 30.7. The molecule has 8 heteroatoms. The fourth-order valence-electron chi connectivity index (χ4n) is 5.07. The first kappa shape index (κ1) is 47.8. The monoisotopic (exact) mass is 665 g/mol. The van der Waals surface area contributed by atoms with E-state index in [1.54, 1.807) is 0 Å². The van der Waals surface area contributed by atoms with Crippen LogP contribution in [0.2, 0.25) is 0 Å². The van der Waals surface area contributed by atoms with Crippen LogP contribution in [0.25, 0.3) is 0 Å². The fourth-order valence-corrected chi connectivity index (χ4v) is 5.07. The van der Waals surface area contributed by atoms with Crippen molar-refractivity contribution in [2.24, 2.45) is 32.5 Å². The second-order valence-corrected chi connectivity index (χ2v) is 15.8. The molecule has 0 radical (unpaired) electrons. The largest absolute Gasteiger partial charge is 0.396 e. The highest BCUT2D eigenvalue weighted by Crippen LogP contribution is 2.32. The Balaban J connectivity index is 0. The number of hydrogen-bond acceptors (Lipinski definition) is 8. The van der Waals surface area contributed by atoms with Crippen LogP contribution in [0, 0.1) is 32.5 Å². The lowest BCUT2D eigenvalue weighted by molar-refractivity contribution is -0.0752. The molecule has 8 nitrogen and oxygen atoms in total. The summed E-state index contributed by atoms with van der Waals surface area (Å²) in [4.78, 5) is 0. The van der Waals surface area contributed by atoms with E-state index in [2.05, 4.69) is 69.2 Å². The van der Waals surface area contributed by atoms with Gasteiger partial charge in [0.2, 0.25) is 0 Å². The van der Waals surface area contributed by atoms with E-state index in [0.717, 1.165) is 51.4 Å². The predicted molar refractivity (Wildman–Crippen MR) is 191 cm³/mol. The Morgan fingerprint density at radius 3 is 0.739 bits per heavy atom. The second-order valence-electron chi connectivity index (χ2n) is 15.8. The zero-order valence-corrected chi connectivity index (χ0v) is 32.6. The molecule has 0 fully saturated rings. The summed E-state index contributed by atoms with van der Waals surface area (Å²) in [7, 11) is 0. The maximum atomic E-state index is 9.65. The van der Waals surface area contributed by atoms with E-state index in [0.29, 0.717) is 52.9 Å². The summed E-state index contributed by atoms with van der Waals surface area (Å²) >= 11 is 0. The van der Waals surface area contributed by atoms with Gasteiger partial charge in [-0.15, -0.1) is 0 Å². The second kappa shape index (κ2) is 23.9. The standard InChI is InChI=1S/2C19H40O4/c1-7-18(8-2,11-20)15-22-13-17(5,6)14-23-16-19(9-3,10-4)12-21;1-7-18(8-2,12-21)14-23-16-19(9-3,10-4)15-22-13-17(5,6)11-20/h2*20-21H,7-16H2,1-6H3. The molecule has 0 spiro atoms. The topological polar surface area (TPSA) is 118 Å². The average molecular weight is 665 g/mol. The van der Waals surface area contributed by atoms with Crippen molar-refractivity contribution in [2.45, 2.75) is 134 Å². The molecule has 4 N–H and O–H groups in total. The maximum absolute atomic E-state index is 9.65. The lowest BCUT2D eigenvalue weighted by Crippen LogP contribution is -2.37. The average Bonchev–Trinajstić information content (AvgIpc) is 3.07. The van der Waals surface area contributed by atoms with Crippen molar-refractivity contribution in [3.8, 4) is 0 Å². The molecule has 0 aliphatic heterocycles. The molecule has 0 aliphatic rings. The summed E-state index contributed by atoms with van der Waals surface area (Å²) in [6, 6.07) is 0. The highest BCUT2D eigenvalue weighted by molar-refractivity contribution is 4.81. The first-order chi connectivity index (χ1) is 21.6. The van der Waals surface area contributed by atoms with E-state index in [9.17, 15) is 20.4 Å². The first-order valence-electron chi connectivity index (χ1n) is 18.3. The molecule has 0 atom stereocenters. The minimum atomic E-state index is -0.204. The SMILES string of the molecule is CCC(CC)(CO)COCC(C)(C)COCC(CC)(CC)CO.CCC(CC)(CO)COCC(CC)(CC)COCC(C)(C)CO. The van der Waals surface area contributed by atoms with E-state index in [-0.39, 0.29) is 58.9 Å². The third-order valence-corrected chi connectivity index (χ3v) is 11.0. The predicted octanol–water partition coefficient (Wildman–Crippen LogP) is 7.29. The summed E-state index contributed by atoms with van der Waals surface area (Å²) in [5.74, 6) is 0. The highest BCUT2D eigenvalue weighted by atomic mass is 16.5. The molecule has 0 rings (SSSR count). The van der Waals surface area contributed by atoms with Gasteiger partial charge in [-0.25, -0.2) is 0 Å². The molecule has 0 heterocycles. The third-order valence-electron chi connectivity index (χ3n) is 11.0. The van der Waals surface area contributed by atoms with Crippen molar-refractivity contribution in [1.82, 2.24) is 0 Å². The Morgan fingerprint density at radius 1 is 0.304 bits per heavy atom. The smallest absolute Gasteiger partial charge is 0.0544 e. The molecule has 46 heavy (non-hydrogen) atoms. The van der Waals surface area contributed by atoms with Crippen LogP contribution in [0.1, 0.15) is 134 Å². The Kier molecular flexibility index (Phi) is 24.9. The van der Waals surface area contributed by atoms with Crippen molar-refractivity contribution >= 4 is 0 Å². The van der Waals surface area contributed by atoms with E-state index >= 15 is 0 Å². The molecule has 0 saturated carbocycles. The zero-order valence-electron chi connectivity index (χ0n) is 32.6. The Bertz CT molecular complexity index is 655. The van der Waals surface area contributed by atoms with Crippen LogP contribution in [0.15, 0.2) is 0 Å². The Morgan fingerprint density at radius 2 is 0.522 bits per heavy atom. The molecule has 0 unspecified atom stereocenters. The van der Waals surface area contributed by atoms with Gasteiger partial charge in [0, 0.05) is 32.5 Å². The van der Waals surface area contributed by atoms with Crippen molar-refractivity contribution in [3.63, 3.8) is 0 Å². The quantitative estimate of drug-likeness (QED) is 0.0689. The van der Waals surface area contributed by atoms with E-state index in [1.165, 1.54) is 0 Å². The number of rotatable bonds is 28.